The average molecular weight is 899 g/mol. The second-order valence-electron chi connectivity index (χ2n) is 17.5. The van der Waals surface area contributed by atoms with Gasteiger partial charge < -0.3 is 8.98 Å². The maximum Gasteiger partial charge on any atom is 0.179 e. The Bertz CT molecular complexity index is 3830. The first kappa shape index (κ1) is 40.3. The lowest BCUT2D eigenvalue weighted by atomic mass is 10.0. The summed E-state index contributed by atoms with van der Waals surface area (Å²) < 4.78 is 8.47. The van der Waals surface area contributed by atoms with Gasteiger partial charge >= 0.3 is 0 Å². The zero-order chi connectivity index (χ0) is 45.7. The van der Waals surface area contributed by atoms with Gasteiger partial charge in [-0.2, -0.15) is 0 Å². The molecule has 324 valence electrons. The number of hydrogen-bond donors (Lipinski definition) is 0. The van der Waals surface area contributed by atoms with Crippen LogP contribution in [0, 0.1) is 0 Å². The summed E-state index contributed by atoms with van der Waals surface area (Å²) in [6, 6.07) is 90.9. The molecule has 0 spiro atoms. The number of hydrogen-bond acceptors (Lipinski definition) is 4. The Kier molecular flexibility index (Phi) is 9.77. The van der Waals surface area contributed by atoms with Crippen molar-refractivity contribution in [1.29, 1.82) is 0 Å². The molecule has 0 bridgehead atoms. The van der Waals surface area contributed by atoms with Crippen molar-refractivity contribution in [2.75, 3.05) is 0 Å². The maximum atomic E-state index is 6.14. The van der Waals surface area contributed by atoms with Gasteiger partial charge in [0.2, 0.25) is 0 Å². The molecule has 5 nitrogen and oxygen atoms in total. The molecule has 10 aromatic carbocycles. The molecule has 0 radical (unpaired) electrons. The third-order valence-corrected chi connectivity index (χ3v) is 18.4. The molecule has 0 saturated heterocycles. The minimum Gasteiger partial charge on any atom is -0.456 e. The summed E-state index contributed by atoms with van der Waals surface area (Å²) in [6.45, 7) is 0. The Morgan fingerprint density at radius 1 is 0.290 bits per heavy atom. The van der Waals surface area contributed by atoms with Gasteiger partial charge in [-0.3, -0.25) is 0 Å². The lowest BCUT2D eigenvalue weighted by Gasteiger charge is -2.34. The second kappa shape index (κ2) is 16.7. The highest BCUT2D eigenvalue weighted by Crippen LogP contribution is 2.35. The van der Waals surface area contributed by atoms with E-state index in [2.05, 4.69) is 247 Å². The summed E-state index contributed by atoms with van der Waals surface area (Å²) in [4.78, 5) is 15.7. The van der Waals surface area contributed by atoms with E-state index in [4.69, 9.17) is 19.4 Å². The molecule has 6 heteroatoms. The quantitative estimate of drug-likeness (QED) is 0.107. The lowest BCUT2D eigenvalue weighted by molar-refractivity contribution is 0.669. The number of aromatic nitrogens is 4. The molecular formula is C63H42N4OSi. The molecule has 0 N–H and O–H groups in total. The van der Waals surface area contributed by atoms with Crippen LogP contribution in [-0.4, -0.2) is 27.6 Å². The summed E-state index contributed by atoms with van der Waals surface area (Å²) in [7, 11) is -2.73. The molecule has 3 heterocycles. The van der Waals surface area contributed by atoms with Gasteiger partial charge in [-0.25, -0.2) is 15.0 Å². The zero-order valence-corrected chi connectivity index (χ0v) is 38.4. The van der Waals surface area contributed by atoms with E-state index >= 15 is 0 Å². The van der Waals surface area contributed by atoms with E-state index in [1.807, 2.05) is 12.1 Å². The molecule has 0 aliphatic rings. The number of fused-ring (bicyclic) bond motifs is 6. The maximum absolute atomic E-state index is 6.14. The number of para-hydroxylation sites is 3. The first-order valence-electron chi connectivity index (χ1n) is 23.3. The molecule has 0 atom stereocenters. The molecule has 13 aromatic rings. The van der Waals surface area contributed by atoms with Crippen LogP contribution in [0.5, 0.6) is 0 Å². The van der Waals surface area contributed by atoms with Gasteiger partial charge in [-0.1, -0.05) is 200 Å². The molecule has 0 unspecified atom stereocenters. The van der Waals surface area contributed by atoms with Gasteiger partial charge in [0.1, 0.15) is 11.2 Å². The van der Waals surface area contributed by atoms with Crippen molar-refractivity contribution in [2.45, 2.75) is 0 Å². The zero-order valence-electron chi connectivity index (χ0n) is 37.4. The van der Waals surface area contributed by atoms with Crippen LogP contribution in [-0.2, 0) is 0 Å². The van der Waals surface area contributed by atoms with Gasteiger partial charge in [0.15, 0.2) is 25.5 Å². The molecule has 3 aromatic heterocycles. The predicted molar refractivity (Wildman–Crippen MR) is 287 cm³/mol. The summed E-state index contributed by atoms with van der Waals surface area (Å²) in [5.41, 5.74) is 10.1. The Labute approximate surface area is 400 Å². The highest BCUT2D eigenvalue weighted by atomic mass is 28.3. The van der Waals surface area contributed by atoms with Crippen LogP contribution in [0.3, 0.4) is 0 Å². The fourth-order valence-electron chi connectivity index (χ4n) is 10.4. The van der Waals surface area contributed by atoms with Crippen LogP contribution in [0.2, 0.25) is 0 Å². The highest BCUT2D eigenvalue weighted by Gasteiger charge is 2.41. The summed E-state index contributed by atoms with van der Waals surface area (Å²) in [5.74, 6) is 1.83. The molecule has 0 saturated carbocycles. The minimum absolute atomic E-state index is 0.606. The van der Waals surface area contributed by atoms with Crippen LogP contribution in [0.25, 0.3) is 94.7 Å². The largest absolute Gasteiger partial charge is 0.456 e. The number of rotatable bonds is 9. The van der Waals surface area contributed by atoms with Crippen molar-refractivity contribution in [3.8, 4) is 51.0 Å². The van der Waals surface area contributed by atoms with Crippen LogP contribution < -0.4 is 20.7 Å². The van der Waals surface area contributed by atoms with Gasteiger partial charge in [-0.15, -0.1) is 0 Å². The van der Waals surface area contributed by atoms with E-state index < -0.39 is 8.07 Å². The first-order valence-corrected chi connectivity index (χ1v) is 25.3. The first-order chi connectivity index (χ1) is 34.2. The molecule has 13 rings (SSSR count). The SMILES string of the molecule is c1ccc([Si](c2ccccc2)(c2ccccc2)c2ccc(-c3nc(-c4ccc(-c5ccc6oc7ccccc7c6c5)cc4)nc(-c4ccc(-n5c6ccccc6c6ccccc65)cc4)n3)cc2)cc1. The summed E-state index contributed by atoms with van der Waals surface area (Å²) in [6.07, 6.45) is 0. The lowest BCUT2D eigenvalue weighted by Crippen LogP contribution is -2.74. The van der Waals surface area contributed by atoms with Gasteiger partial charge in [-0.05, 0) is 86.5 Å². The Hall–Kier alpha value is -8.97. The van der Waals surface area contributed by atoms with Gasteiger partial charge in [0, 0.05) is 43.9 Å². The summed E-state index contributed by atoms with van der Waals surface area (Å²) in [5, 5.41) is 9.93. The number of nitrogens with zero attached hydrogens (tertiary/aromatic N) is 4. The monoisotopic (exact) mass is 898 g/mol. The van der Waals surface area contributed by atoms with Crippen molar-refractivity contribution in [2.24, 2.45) is 0 Å². The van der Waals surface area contributed by atoms with Crippen LogP contribution >= 0.6 is 0 Å². The second-order valence-corrected chi connectivity index (χ2v) is 21.3. The standard InChI is InChI=1S/C63H42N4OSi/c1-4-16-49(17-5-1)69(50-18-6-2-7-19-50,51-20-8-3-9-21-51)52-39-34-46(35-40-52)63-65-61(44-30-28-43(29-31-44)47-36-41-60-56(42-47)55-24-12-15-27-59(55)68-60)64-62(66-63)45-32-37-48(38-33-45)67-57-25-13-10-22-53(57)54-23-11-14-26-58(54)67/h1-42H. The van der Waals surface area contributed by atoms with Crippen LogP contribution in [0.15, 0.2) is 259 Å². The van der Waals surface area contributed by atoms with E-state index in [0.717, 1.165) is 55.4 Å². The van der Waals surface area contributed by atoms with E-state index in [9.17, 15) is 0 Å². The van der Waals surface area contributed by atoms with E-state index in [1.165, 1.54) is 42.6 Å². The van der Waals surface area contributed by atoms with Crippen molar-refractivity contribution in [3.05, 3.63) is 255 Å². The molecule has 0 amide bonds. The van der Waals surface area contributed by atoms with Crippen molar-refractivity contribution in [3.63, 3.8) is 0 Å². The van der Waals surface area contributed by atoms with Gasteiger partial charge in [0.25, 0.3) is 0 Å². The Balaban J connectivity index is 0.931. The molecule has 0 aliphatic carbocycles. The molecule has 69 heavy (non-hydrogen) atoms. The smallest absolute Gasteiger partial charge is 0.179 e. The van der Waals surface area contributed by atoms with Crippen LogP contribution in [0.4, 0.5) is 0 Å². The third kappa shape index (κ3) is 6.88. The summed E-state index contributed by atoms with van der Waals surface area (Å²) >= 11 is 0. The molecule has 0 fully saturated rings. The predicted octanol–water partition coefficient (Wildman–Crippen LogP) is 12.9. The minimum atomic E-state index is -2.73. The van der Waals surface area contributed by atoms with E-state index in [0.29, 0.717) is 17.5 Å². The van der Waals surface area contributed by atoms with E-state index in [-0.39, 0.29) is 0 Å². The van der Waals surface area contributed by atoms with Crippen molar-refractivity contribution < 1.29 is 4.42 Å². The van der Waals surface area contributed by atoms with Crippen molar-refractivity contribution in [1.82, 2.24) is 19.5 Å². The van der Waals surface area contributed by atoms with Crippen molar-refractivity contribution >= 4 is 72.6 Å². The molecule has 0 aliphatic heterocycles. The fourth-order valence-corrected chi connectivity index (χ4v) is 15.1. The number of furan rings is 1. The third-order valence-electron chi connectivity index (χ3n) is 13.6. The Morgan fingerprint density at radius 3 is 1.19 bits per heavy atom. The van der Waals surface area contributed by atoms with E-state index in [1.54, 1.807) is 0 Å². The fraction of sp³-hybridized carbons (Fsp3) is 0. The topological polar surface area (TPSA) is 56.7 Å². The van der Waals surface area contributed by atoms with Gasteiger partial charge in [0.05, 0.1) is 11.0 Å². The molecular weight excluding hydrogens is 857 g/mol. The van der Waals surface area contributed by atoms with Crippen LogP contribution in [0.1, 0.15) is 0 Å². The normalized spacial score (nSPS) is 11.8. The Morgan fingerprint density at radius 2 is 0.667 bits per heavy atom. The number of benzene rings is 10. The highest BCUT2D eigenvalue weighted by molar-refractivity contribution is 7.19. The average Bonchev–Trinajstić information content (AvgIpc) is 3.98.